The standard InChI is InChI=1S/C31H34N4O2/c1-4-28(23-9-6-5-7-10-23)31(25-14-17-29-26(21-25)22-33-34-29)24-12-15-27(16-13-24)37-20-19-32-18-8-11-30(36)35(2)3/h5-17,21-22,32H,4,18-20H2,1-3H3,(H,33,34)/b11-8+,31-28+. The Kier molecular flexibility index (Phi) is 8.89. The van der Waals surface area contributed by atoms with Gasteiger partial charge in [0.2, 0.25) is 5.91 Å². The van der Waals surface area contributed by atoms with E-state index in [2.05, 4.69) is 83.1 Å². The van der Waals surface area contributed by atoms with Crippen LogP contribution < -0.4 is 10.1 Å². The molecular formula is C31H34N4O2. The topological polar surface area (TPSA) is 70.2 Å². The lowest BCUT2D eigenvalue weighted by Crippen LogP contribution is -2.22. The fraction of sp³-hybridized carbons (Fsp3) is 0.226. The van der Waals surface area contributed by atoms with Gasteiger partial charge in [-0.05, 0) is 58.5 Å². The second-order valence-corrected chi connectivity index (χ2v) is 8.96. The van der Waals surface area contributed by atoms with Crippen LogP contribution in [-0.4, -0.2) is 54.8 Å². The van der Waals surface area contributed by atoms with Gasteiger partial charge in [-0.1, -0.05) is 61.5 Å². The molecule has 0 saturated carbocycles. The maximum Gasteiger partial charge on any atom is 0.245 e. The zero-order chi connectivity index (χ0) is 26.0. The van der Waals surface area contributed by atoms with Gasteiger partial charge in [0.1, 0.15) is 12.4 Å². The highest BCUT2D eigenvalue weighted by molar-refractivity contribution is 6.00. The van der Waals surface area contributed by atoms with Crippen molar-refractivity contribution in [3.63, 3.8) is 0 Å². The van der Waals surface area contributed by atoms with Gasteiger partial charge in [0.15, 0.2) is 0 Å². The highest BCUT2D eigenvalue weighted by Crippen LogP contribution is 2.36. The van der Waals surface area contributed by atoms with E-state index in [4.69, 9.17) is 4.74 Å². The summed E-state index contributed by atoms with van der Waals surface area (Å²) < 4.78 is 5.94. The SMILES string of the molecule is CC/C(=C(/c1ccc(OCCNC/C=C/C(=O)N(C)C)cc1)c1ccc2[nH]ncc2c1)c1ccccc1. The zero-order valence-electron chi connectivity index (χ0n) is 21.7. The second kappa shape index (κ2) is 12.7. The van der Waals surface area contributed by atoms with Crippen LogP contribution in [0.5, 0.6) is 5.75 Å². The smallest absolute Gasteiger partial charge is 0.245 e. The Balaban J connectivity index is 1.50. The molecule has 0 atom stereocenters. The van der Waals surface area contributed by atoms with Crippen LogP contribution in [0.25, 0.3) is 22.0 Å². The van der Waals surface area contributed by atoms with Crippen molar-refractivity contribution in [3.05, 3.63) is 108 Å². The number of carbonyl (C=O) groups excluding carboxylic acids is 1. The molecule has 0 saturated heterocycles. The predicted molar refractivity (Wildman–Crippen MR) is 151 cm³/mol. The first-order valence-corrected chi connectivity index (χ1v) is 12.6. The van der Waals surface area contributed by atoms with Gasteiger partial charge in [-0.15, -0.1) is 0 Å². The average Bonchev–Trinajstić information content (AvgIpc) is 3.40. The summed E-state index contributed by atoms with van der Waals surface area (Å²) in [6.45, 7) is 4.05. The van der Waals surface area contributed by atoms with E-state index in [1.54, 1.807) is 25.1 Å². The largest absolute Gasteiger partial charge is 0.492 e. The van der Waals surface area contributed by atoms with Crippen molar-refractivity contribution in [1.82, 2.24) is 20.4 Å². The average molecular weight is 495 g/mol. The number of rotatable bonds is 11. The summed E-state index contributed by atoms with van der Waals surface area (Å²) in [5, 5.41) is 11.6. The number of aromatic nitrogens is 2. The number of allylic oxidation sites excluding steroid dienone is 1. The van der Waals surface area contributed by atoms with Gasteiger partial charge in [0, 0.05) is 38.6 Å². The first kappa shape index (κ1) is 25.9. The number of likely N-dealkylation sites (N-methyl/N-ethyl adjacent to an activating group) is 1. The molecule has 0 bridgehead atoms. The molecule has 0 fully saturated rings. The molecule has 0 aliphatic rings. The Morgan fingerprint density at radius 1 is 1.00 bits per heavy atom. The molecule has 0 aliphatic heterocycles. The van der Waals surface area contributed by atoms with Crippen LogP contribution in [0.1, 0.15) is 30.0 Å². The van der Waals surface area contributed by atoms with E-state index in [0.29, 0.717) is 19.7 Å². The third-order valence-electron chi connectivity index (χ3n) is 6.16. The predicted octanol–water partition coefficient (Wildman–Crippen LogP) is 5.54. The minimum absolute atomic E-state index is 0.0188. The molecule has 1 amide bonds. The lowest BCUT2D eigenvalue weighted by atomic mass is 9.88. The molecule has 1 aromatic heterocycles. The zero-order valence-corrected chi connectivity index (χ0v) is 21.7. The first-order valence-electron chi connectivity index (χ1n) is 12.6. The summed E-state index contributed by atoms with van der Waals surface area (Å²) in [6.07, 6.45) is 6.17. The Bertz CT molecular complexity index is 1370. The fourth-order valence-corrected chi connectivity index (χ4v) is 4.23. The number of benzene rings is 3. The number of H-pyrrole nitrogens is 1. The summed E-state index contributed by atoms with van der Waals surface area (Å²) >= 11 is 0. The number of hydrogen-bond acceptors (Lipinski definition) is 4. The van der Waals surface area contributed by atoms with Crippen LogP contribution in [0.15, 0.2) is 91.1 Å². The minimum Gasteiger partial charge on any atom is -0.492 e. The molecule has 2 N–H and O–H groups in total. The maximum absolute atomic E-state index is 11.5. The van der Waals surface area contributed by atoms with Crippen molar-refractivity contribution < 1.29 is 9.53 Å². The van der Waals surface area contributed by atoms with E-state index in [1.807, 2.05) is 24.4 Å². The number of carbonyl (C=O) groups is 1. The van der Waals surface area contributed by atoms with Gasteiger partial charge < -0.3 is 15.0 Å². The third-order valence-corrected chi connectivity index (χ3v) is 6.16. The van der Waals surface area contributed by atoms with Gasteiger partial charge in [0.25, 0.3) is 0 Å². The van der Waals surface area contributed by atoms with Crippen molar-refractivity contribution in [1.29, 1.82) is 0 Å². The number of nitrogens with one attached hydrogen (secondary N) is 2. The normalized spacial score (nSPS) is 12.1. The van der Waals surface area contributed by atoms with E-state index < -0.39 is 0 Å². The molecule has 3 aromatic carbocycles. The van der Waals surface area contributed by atoms with Gasteiger partial charge >= 0.3 is 0 Å². The summed E-state index contributed by atoms with van der Waals surface area (Å²) in [6, 6.07) is 25.3. The molecule has 6 nitrogen and oxygen atoms in total. The van der Waals surface area contributed by atoms with Gasteiger partial charge in [-0.25, -0.2) is 0 Å². The number of hydrogen-bond donors (Lipinski definition) is 2. The molecule has 0 aliphatic carbocycles. The van der Waals surface area contributed by atoms with E-state index >= 15 is 0 Å². The summed E-state index contributed by atoms with van der Waals surface area (Å²) in [4.78, 5) is 13.1. The molecular weight excluding hydrogens is 460 g/mol. The van der Waals surface area contributed by atoms with E-state index in [9.17, 15) is 4.79 Å². The van der Waals surface area contributed by atoms with Gasteiger partial charge in [-0.3, -0.25) is 9.89 Å². The van der Waals surface area contributed by atoms with Crippen molar-refractivity contribution in [2.75, 3.05) is 33.8 Å². The van der Waals surface area contributed by atoms with Crippen LogP contribution in [-0.2, 0) is 4.79 Å². The van der Waals surface area contributed by atoms with E-state index in [0.717, 1.165) is 34.2 Å². The summed E-state index contributed by atoms with van der Waals surface area (Å²) in [7, 11) is 3.47. The van der Waals surface area contributed by atoms with E-state index in [-0.39, 0.29) is 5.91 Å². The highest BCUT2D eigenvalue weighted by atomic mass is 16.5. The molecule has 190 valence electrons. The number of fused-ring (bicyclic) bond motifs is 1. The molecule has 1 heterocycles. The second-order valence-electron chi connectivity index (χ2n) is 8.96. The Morgan fingerprint density at radius 2 is 1.76 bits per heavy atom. The molecule has 0 radical (unpaired) electrons. The molecule has 4 aromatic rings. The van der Waals surface area contributed by atoms with Crippen molar-refractivity contribution in [2.45, 2.75) is 13.3 Å². The lowest BCUT2D eigenvalue weighted by molar-refractivity contribution is -0.123. The Morgan fingerprint density at radius 3 is 2.49 bits per heavy atom. The van der Waals surface area contributed by atoms with Gasteiger partial charge in [0.05, 0.1) is 11.7 Å². The maximum atomic E-state index is 11.5. The number of aromatic amines is 1. The molecule has 6 heteroatoms. The van der Waals surface area contributed by atoms with Crippen LogP contribution >= 0.6 is 0 Å². The van der Waals surface area contributed by atoms with Crippen LogP contribution in [0.2, 0.25) is 0 Å². The van der Waals surface area contributed by atoms with E-state index in [1.165, 1.54) is 16.7 Å². The fourth-order valence-electron chi connectivity index (χ4n) is 4.23. The highest BCUT2D eigenvalue weighted by Gasteiger charge is 2.14. The van der Waals surface area contributed by atoms with Crippen LogP contribution in [0.3, 0.4) is 0 Å². The summed E-state index contributed by atoms with van der Waals surface area (Å²) in [5.41, 5.74) is 7.06. The van der Waals surface area contributed by atoms with Gasteiger partial charge in [-0.2, -0.15) is 5.10 Å². The molecule has 0 spiro atoms. The Hall–Kier alpha value is -4.16. The Labute approximate surface area is 218 Å². The molecule has 4 rings (SSSR count). The third kappa shape index (κ3) is 6.74. The number of amides is 1. The molecule has 0 unspecified atom stereocenters. The quantitative estimate of drug-likeness (QED) is 0.163. The van der Waals surface area contributed by atoms with Crippen molar-refractivity contribution in [2.24, 2.45) is 0 Å². The molecule has 37 heavy (non-hydrogen) atoms. The monoisotopic (exact) mass is 494 g/mol. The summed E-state index contributed by atoms with van der Waals surface area (Å²) in [5.74, 6) is 0.806. The number of ether oxygens (including phenoxy) is 1. The first-order chi connectivity index (χ1) is 18.1. The lowest BCUT2D eigenvalue weighted by Gasteiger charge is -2.17. The van der Waals surface area contributed by atoms with Crippen molar-refractivity contribution in [3.8, 4) is 5.75 Å². The van der Waals surface area contributed by atoms with Crippen LogP contribution in [0, 0.1) is 0 Å². The van der Waals surface area contributed by atoms with Crippen molar-refractivity contribution >= 4 is 28.0 Å². The van der Waals surface area contributed by atoms with Crippen LogP contribution in [0.4, 0.5) is 0 Å². The minimum atomic E-state index is -0.0188. The number of nitrogens with zero attached hydrogens (tertiary/aromatic N) is 2.